The molecule has 0 heterocycles. The summed E-state index contributed by atoms with van der Waals surface area (Å²) in [6, 6.07) is 0. The third kappa shape index (κ3) is 3.12. The van der Waals surface area contributed by atoms with Crippen molar-refractivity contribution in [3.8, 4) is 0 Å². The summed E-state index contributed by atoms with van der Waals surface area (Å²) in [5.74, 6) is -0.371. The first kappa shape index (κ1) is 9.01. The number of esters is 1. The minimum atomic E-state index is -0.371. The molecule has 0 aromatic rings. The molecule has 3 nitrogen and oxygen atoms in total. The predicted molar refractivity (Wildman–Crippen MR) is 39.4 cm³/mol. The van der Waals surface area contributed by atoms with Gasteiger partial charge in [0, 0.05) is 7.05 Å². The van der Waals surface area contributed by atoms with Crippen LogP contribution in [0.15, 0.2) is 12.3 Å². The average molecular weight is 143 g/mol. The highest BCUT2D eigenvalue weighted by atomic mass is 16.5. The molecule has 0 aliphatic heterocycles. The van der Waals surface area contributed by atoms with Crippen LogP contribution in [0.1, 0.15) is 13.3 Å². The second-order valence-corrected chi connectivity index (χ2v) is 1.86. The van der Waals surface area contributed by atoms with E-state index in [1.807, 2.05) is 6.92 Å². The van der Waals surface area contributed by atoms with Crippen LogP contribution in [0, 0.1) is 0 Å². The number of carbonyl (C=O) groups excluding carboxylic acids is 1. The van der Waals surface area contributed by atoms with Crippen LogP contribution in [-0.2, 0) is 9.53 Å². The van der Waals surface area contributed by atoms with Gasteiger partial charge in [-0.15, -0.1) is 0 Å². The highest BCUT2D eigenvalue weighted by Crippen LogP contribution is 1.89. The van der Waals surface area contributed by atoms with Crippen molar-refractivity contribution >= 4 is 5.97 Å². The molecule has 0 aliphatic carbocycles. The van der Waals surface area contributed by atoms with E-state index in [0.29, 0.717) is 12.3 Å². The van der Waals surface area contributed by atoms with E-state index in [-0.39, 0.29) is 5.97 Å². The molecule has 0 aromatic heterocycles. The third-order valence-corrected chi connectivity index (χ3v) is 0.985. The smallest absolute Gasteiger partial charge is 0.353 e. The van der Waals surface area contributed by atoms with Crippen molar-refractivity contribution < 1.29 is 9.53 Å². The van der Waals surface area contributed by atoms with Crippen LogP contribution in [0.3, 0.4) is 0 Å². The minimum absolute atomic E-state index is 0.299. The lowest BCUT2D eigenvalue weighted by Gasteiger charge is -2.03. The molecule has 0 rings (SSSR count). The van der Waals surface area contributed by atoms with Gasteiger partial charge in [0.05, 0.1) is 6.61 Å². The first-order valence-corrected chi connectivity index (χ1v) is 3.26. The van der Waals surface area contributed by atoms with E-state index in [4.69, 9.17) is 4.74 Å². The predicted octanol–water partition coefficient (Wildman–Crippen LogP) is 0.673. The van der Waals surface area contributed by atoms with Crippen LogP contribution in [0.25, 0.3) is 0 Å². The fourth-order valence-corrected chi connectivity index (χ4v) is 0.384. The zero-order chi connectivity index (χ0) is 7.98. The van der Waals surface area contributed by atoms with Crippen LogP contribution in [0.5, 0.6) is 0 Å². The van der Waals surface area contributed by atoms with Crippen LogP contribution < -0.4 is 5.32 Å². The molecule has 0 radical (unpaired) electrons. The van der Waals surface area contributed by atoms with E-state index in [0.717, 1.165) is 6.42 Å². The highest BCUT2D eigenvalue weighted by Gasteiger charge is 2.03. The molecule has 0 aromatic carbocycles. The molecule has 0 unspecified atom stereocenters. The first-order valence-electron chi connectivity index (χ1n) is 3.26. The van der Waals surface area contributed by atoms with Crippen LogP contribution >= 0.6 is 0 Å². The molecule has 0 saturated heterocycles. The van der Waals surface area contributed by atoms with Crippen LogP contribution in [0.2, 0.25) is 0 Å². The summed E-state index contributed by atoms with van der Waals surface area (Å²) in [6.07, 6.45) is 0.836. The van der Waals surface area contributed by atoms with Gasteiger partial charge in [-0.2, -0.15) is 0 Å². The van der Waals surface area contributed by atoms with Crippen molar-refractivity contribution in [1.29, 1.82) is 0 Å². The van der Waals surface area contributed by atoms with Crippen molar-refractivity contribution in [2.24, 2.45) is 0 Å². The zero-order valence-electron chi connectivity index (χ0n) is 6.44. The number of hydrogen-bond acceptors (Lipinski definition) is 3. The summed E-state index contributed by atoms with van der Waals surface area (Å²) >= 11 is 0. The number of ether oxygens (including phenoxy) is 1. The van der Waals surface area contributed by atoms with Gasteiger partial charge in [-0.3, -0.25) is 0 Å². The number of nitrogens with one attached hydrogen (secondary N) is 1. The van der Waals surface area contributed by atoms with Gasteiger partial charge in [0.1, 0.15) is 5.70 Å². The topological polar surface area (TPSA) is 38.3 Å². The van der Waals surface area contributed by atoms with E-state index in [2.05, 4.69) is 11.9 Å². The standard InChI is InChI=1S/C7H13NO2/c1-4-5-10-7(9)6(2)8-3/h8H,2,4-5H2,1,3H3. The maximum absolute atomic E-state index is 10.7. The van der Waals surface area contributed by atoms with Crippen molar-refractivity contribution in [2.45, 2.75) is 13.3 Å². The summed E-state index contributed by atoms with van der Waals surface area (Å²) in [7, 11) is 1.63. The first-order chi connectivity index (χ1) is 4.72. The lowest BCUT2D eigenvalue weighted by Crippen LogP contribution is -2.17. The van der Waals surface area contributed by atoms with Crippen LogP contribution in [0.4, 0.5) is 0 Å². The second-order valence-electron chi connectivity index (χ2n) is 1.86. The van der Waals surface area contributed by atoms with Gasteiger partial charge in [-0.1, -0.05) is 13.5 Å². The van der Waals surface area contributed by atoms with Gasteiger partial charge in [0.2, 0.25) is 0 Å². The van der Waals surface area contributed by atoms with Gasteiger partial charge in [-0.25, -0.2) is 4.79 Å². The summed E-state index contributed by atoms with van der Waals surface area (Å²) in [5.41, 5.74) is 0.299. The van der Waals surface area contributed by atoms with Crippen molar-refractivity contribution in [3.63, 3.8) is 0 Å². The van der Waals surface area contributed by atoms with Gasteiger partial charge in [0.25, 0.3) is 0 Å². The summed E-state index contributed by atoms with van der Waals surface area (Å²) < 4.78 is 4.74. The average Bonchev–Trinajstić information content (AvgIpc) is 1.98. The molecule has 10 heavy (non-hydrogen) atoms. The molecule has 0 amide bonds. The Balaban J connectivity index is 3.52. The third-order valence-electron chi connectivity index (χ3n) is 0.985. The van der Waals surface area contributed by atoms with Crippen molar-refractivity contribution in [3.05, 3.63) is 12.3 Å². The van der Waals surface area contributed by atoms with E-state index < -0.39 is 0 Å². The minimum Gasteiger partial charge on any atom is -0.461 e. The molecule has 1 N–H and O–H groups in total. The SMILES string of the molecule is C=C(NC)C(=O)OCCC. The summed E-state index contributed by atoms with van der Waals surface area (Å²) in [6.45, 7) is 5.84. The Morgan fingerprint density at radius 2 is 2.30 bits per heavy atom. The Bertz CT molecular complexity index is 132. The fraction of sp³-hybridized carbons (Fsp3) is 0.571. The molecule has 0 bridgehead atoms. The molecule has 0 fully saturated rings. The van der Waals surface area contributed by atoms with E-state index in [1.54, 1.807) is 7.05 Å². The molecule has 3 heteroatoms. The maximum atomic E-state index is 10.7. The molecular formula is C7H13NO2. The number of rotatable bonds is 4. The summed E-state index contributed by atoms with van der Waals surface area (Å²) in [4.78, 5) is 10.7. The maximum Gasteiger partial charge on any atom is 0.353 e. The second kappa shape index (κ2) is 4.85. The van der Waals surface area contributed by atoms with E-state index in [1.165, 1.54) is 0 Å². The van der Waals surface area contributed by atoms with Gasteiger partial charge in [0.15, 0.2) is 0 Å². The monoisotopic (exact) mass is 143 g/mol. The lowest BCUT2D eigenvalue weighted by atomic mass is 10.5. The Morgan fingerprint density at radius 1 is 1.70 bits per heavy atom. The van der Waals surface area contributed by atoms with Crippen molar-refractivity contribution in [1.82, 2.24) is 5.32 Å². The van der Waals surface area contributed by atoms with Crippen LogP contribution in [-0.4, -0.2) is 19.6 Å². The fourth-order valence-electron chi connectivity index (χ4n) is 0.384. The zero-order valence-corrected chi connectivity index (χ0v) is 6.44. The lowest BCUT2D eigenvalue weighted by molar-refractivity contribution is -0.139. The van der Waals surface area contributed by atoms with Gasteiger partial charge < -0.3 is 10.1 Å². The van der Waals surface area contributed by atoms with Crippen molar-refractivity contribution in [2.75, 3.05) is 13.7 Å². The van der Waals surface area contributed by atoms with Gasteiger partial charge >= 0.3 is 5.97 Å². The Labute approximate surface area is 61.1 Å². The summed E-state index contributed by atoms with van der Waals surface area (Å²) in [5, 5.41) is 2.60. The molecule has 0 atom stereocenters. The Hall–Kier alpha value is -0.990. The molecule has 0 aliphatic rings. The molecule has 0 saturated carbocycles. The molecular weight excluding hydrogens is 130 g/mol. The van der Waals surface area contributed by atoms with E-state index in [9.17, 15) is 4.79 Å². The Kier molecular flexibility index (Phi) is 4.37. The number of likely N-dealkylation sites (N-methyl/N-ethyl adjacent to an activating group) is 1. The number of hydrogen-bond donors (Lipinski definition) is 1. The van der Waals surface area contributed by atoms with Gasteiger partial charge in [-0.05, 0) is 6.42 Å². The normalized spacial score (nSPS) is 8.60. The van der Waals surface area contributed by atoms with E-state index >= 15 is 0 Å². The molecule has 0 spiro atoms. The quantitative estimate of drug-likeness (QED) is 0.464. The largest absolute Gasteiger partial charge is 0.461 e. The highest BCUT2D eigenvalue weighted by molar-refractivity contribution is 5.86. The Morgan fingerprint density at radius 3 is 2.70 bits per heavy atom. The number of carbonyl (C=O) groups is 1. The molecule has 58 valence electrons.